The maximum Gasteiger partial charge on any atom is 0.233 e. The molecule has 1 fully saturated rings. The highest BCUT2D eigenvalue weighted by Crippen LogP contribution is 2.31. The van der Waals surface area contributed by atoms with Crippen molar-refractivity contribution in [3.63, 3.8) is 0 Å². The van der Waals surface area contributed by atoms with Gasteiger partial charge in [-0.2, -0.15) is 5.10 Å². The molecule has 0 amide bonds. The Morgan fingerprint density at radius 1 is 1.37 bits per heavy atom. The summed E-state index contributed by atoms with van der Waals surface area (Å²) in [5.74, 6) is 1.97. The van der Waals surface area contributed by atoms with Gasteiger partial charge in [0.2, 0.25) is 11.8 Å². The summed E-state index contributed by atoms with van der Waals surface area (Å²) in [5, 5.41) is 14.9. The van der Waals surface area contributed by atoms with Gasteiger partial charge in [-0.05, 0) is 44.3 Å². The van der Waals surface area contributed by atoms with Crippen molar-refractivity contribution in [2.45, 2.75) is 38.6 Å². The molecular formula is C13H19N5O. The van der Waals surface area contributed by atoms with Gasteiger partial charge in [0, 0.05) is 13.1 Å². The monoisotopic (exact) mass is 261 g/mol. The average molecular weight is 261 g/mol. The van der Waals surface area contributed by atoms with E-state index in [0.717, 1.165) is 31.8 Å². The van der Waals surface area contributed by atoms with Crippen LogP contribution in [0.1, 0.15) is 49.1 Å². The molecule has 6 heteroatoms. The van der Waals surface area contributed by atoms with Gasteiger partial charge in [-0.15, -0.1) is 10.2 Å². The van der Waals surface area contributed by atoms with E-state index in [9.17, 15) is 0 Å². The fourth-order valence-corrected chi connectivity index (χ4v) is 2.74. The van der Waals surface area contributed by atoms with E-state index in [4.69, 9.17) is 4.42 Å². The molecule has 0 bridgehead atoms. The molecule has 2 aromatic rings. The normalized spacial score (nSPS) is 19.7. The Balaban J connectivity index is 1.61. The topological polar surface area (TPSA) is 70.8 Å². The summed E-state index contributed by atoms with van der Waals surface area (Å²) >= 11 is 0. The second kappa shape index (κ2) is 5.13. The van der Waals surface area contributed by atoms with E-state index in [1.54, 1.807) is 0 Å². The number of aromatic nitrogens is 4. The molecule has 1 N–H and O–H groups in total. The minimum atomic E-state index is 0.200. The van der Waals surface area contributed by atoms with E-state index in [-0.39, 0.29) is 6.04 Å². The maximum absolute atomic E-state index is 5.52. The molecule has 0 radical (unpaired) electrons. The first-order chi connectivity index (χ1) is 9.24. The van der Waals surface area contributed by atoms with Gasteiger partial charge in [0.25, 0.3) is 0 Å². The van der Waals surface area contributed by atoms with Crippen molar-refractivity contribution in [3.05, 3.63) is 29.7 Å². The van der Waals surface area contributed by atoms with E-state index in [2.05, 4.69) is 32.2 Å². The van der Waals surface area contributed by atoms with Crippen LogP contribution in [0.4, 0.5) is 0 Å². The smallest absolute Gasteiger partial charge is 0.233 e. The molecule has 1 aliphatic rings. The summed E-state index contributed by atoms with van der Waals surface area (Å²) in [4.78, 5) is 2.41. The maximum atomic E-state index is 5.52. The van der Waals surface area contributed by atoms with E-state index in [0.29, 0.717) is 11.8 Å². The molecule has 0 spiro atoms. The highest BCUT2D eigenvalue weighted by Gasteiger charge is 2.27. The summed E-state index contributed by atoms with van der Waals surface area (Å²) in [5.41, 5.74) is 1.32. The number of aryl methyl sites for hydroxylation is 1. The number of likely N-dealkylation sites (tertiary alicyclic amines) is 1. The van der Waals surface area contributed by atoms with Crippen molar-refractivity contribution in [1.29, 1.82) is 0 Å². The van der Waals surface area contributed by atoms with Gasteiger partial charge in [0.15, 0.2) is 0 Å². The van der Waals surface area contributed by atoms with Gasteiger partial charge >= 0.3 is 0 Å². The van der Waals surface area contributed by atoms with Gasteiger partial charge in [-0.25, -0.2) is 0 Å². The average Bonchev–Trinajstić information content (AvgIpc) is 3.09. The number of nitrogens with one attached hydrogen (secondary N) is 1. The van der Waals surface area contributed by atoms with Crippen LogP contribution in [0.5, 0.6) is 0 Å². The van der Waals surface area contributed by atoms with Crippen LogP contribution in [0.25, 0.3) is 0 Å². The van der Waals surface area contributed by atoms with Crippen LogP contribution in [0.3, 0.4) is 0 Å². The lowest BCUT2D eigenvalue weighted by molar-refractivity contribution is 0.142. The summed E-state index contributed by atoms with van der Waals surface area (Å²) in [6, 6.07) is 0.200. The van der Waals surface area contributed by atoms with Crippen molar-refractivity contribution < 1.29 is 4.42 Å². The Morgan fingerprint density at radius 3 is 2.74 bits per heavy atom. The van der Waals surface area contributed by atoms with Crippen LogP contribution < -0.4 is 0 Å². The fourth-order valence-electron chi connectivity index (χ4n) is 2.74. The van der Waals surface area contributed by atoms with Crippen LogP contribution in [0.15, 0.2) is 16.8 Å². The molecule has 102 valence electrons. The third kappa shape index (κ3) is 2.53. The molecule has 2 aromatic heterocycles. The van der Waals surface area contributed by atoms with Gasteiger partial charge in [0.1, 0.15) is 0 Å². The first kappa shape index (κ1) is 12.3. The zero-order chi connectivity index (χ0) is 13.2. The summed E-state index contributed by atoms with van der Waals surface area (Å²) in [6.45, 7) is 6.07. The lowest BCUT2D eigenvalue weighted by Crippen LogP contribution is -2.35. The third-order valence-electron chi connectivity index (χ3n) is 3.97. The highest BCUT2D eigenvalue weighted by atomic mass is 16.4. The highest BCUT2D eigenvalue weighted by molar-refractivity contribution is 5.11. The number of aromatic amines is 1. The van der Waals surface area contributed by atoms with Crippen LogP contribution in [0.2, 0.25) is 0 Å². The number of rotatable bonds is 3. The van der Waals surface area contributed by atoms with Crippen LogP contribution >= 0.6 is 0 Å². The van der Waals surface area contributed by atoms with E-state index in [1.807, 2.05) is 19.3 Å². The number of hydrogen-bond acceptors (Lipinski definition) is 5. The molecule has 1 aliphatic heterocycles. The minimum Gasteiger partial charge on any atom is -0.424 e. The van der Waals surface area contributed by atoms with Crippen molar-refractivity contribution in [2.75, 3.05) is 13.1 Å². The largest absolute Gasteiger partial charge is 0.424 e. The third-order valence-corrected chi connectivity index (χ3v) is 3.97. The van der Waals surface area contributed by atoms with Crippen molar-refractivity contribution in [3.8, 4) is 0 Å². The number of hydrogen-bond donors (Lipinski definition) is 1. The van der Waals surface area contributed by atoms with E-state index < -0.39 is 0 Å². The lowest BCUT2D eigenvalue weighted by Gasteiger charge is -2.34. The lowest BCUT2D eigenvalue weighted by atomic mass is 9.91. The summed E-state index contributed by atoms with van der Waals surface area (Å²) in [7, 11) is 0. The van der Waals surface area contributed by atoms with Gasteiger partial charge in [0.05, 0.1) is 12.2 Å². The Hall–Kier alpha value is -1.69. The molecule has 6 nitrogen and oxygen atoms in total. The van der Waals surface area contributed by atoms with Gasteiger partial charge in [-0.3, -0.25) is 10.00 Å². The molecule has 3 rings (SSSR count). The molecule has 1 atom stereocenters. The van der Waals surface area contributed by atoms with Gasteiger partial charge < -0.3 is 4.42 Å². The van der Waals surface area contributed by atoms with E-state index in [1.165, 1.54) is 5.56 Å². The molecule has 0 saturated carbocycles. The second-order valence-electron chi connectivity index (χ2n) is 5.18. The Labute approximate surface area is 112 Å². The quantitative estimate of drug-likeness (QED) is 0.915. The van der Waals surface area contributed by atoms with E-state index >= 15 is 0 Å². The van der Waals surface area contributed by atoms with Crippen LogP contribution in [-0.2, 0) is 0 Å². The first-order valence-corrected chi connectivity index (χ1v) is 6.77. The van der Waals surface area contributed by atoms with Crippen molar-refractivity contribution in [1.82, 2.24) is 25.3 Å². The van der Waals surface area contributed by atoms with Crippen molar-refractivity contribution in [2.24, 2.45) is 0 Å². The molecule has 0 aromatic carbocycles. The number of nitrogens with zero attached hydrogens (tertiary/aromatic N) is 4. The Kier molecular flexibility index (Phi) is 3.33. The standard InChI is InChI=1S/C13H19N5O/c1-9(13-17-16-10(2)19-13)18-5-3-11(4-6-18)12-7-14-15-8-12/h7-9,11H,3-6H2,1-2H3,(H,14,15)/t9-/m0/s1. The van der Waals surface area contributed by atoms with Gasteiger partial charge in [-0.1, -0.05) is 0 Å². The number of piperidine rings is 1. The predicted molar refractivity (Wildman–Crippen MR) is 69.6 cm³/mol. The molecule has 1 saturated heterocycles. The van der Waals surface area contributed by atoms with Crippen LogP contribution in [-0.4, -0.2) is 38.4 Å². The van der Waals surface area contributed by atoms with Crippen molar-refractivity contribution >= 4 is 0 Å². The summed E-state index contributed by atoms with van der Waals surface area (Å²) in [6.07, 6.45) is 6.24. The Morgan fingerprint density at radius 2 is 2.16 bits per heavy atom. The molecular weight excluding hydrogens is 242 g/mol. The fraction of sp³-hybridized carbons (Fsp3) is 0.615. The minimum absolute atomic E-state index is 0.200. The first-order valence-electron chi connectivity index (χ1n) is 6.77. The van der Waals surface area contributed by atoms with Crippen LogP contribution in [0, 0.1) is 6.92 Å². The number of H-pyrrole nitrogens is 1. The Bertz CT molecular complexity index is 513. The second-order valence-corrected chi connectivity index (χ2v) is 5.18. The molecule has 3 heterocycles. The summed E-state index contributed by atoms with van der Waals surface area (Å²) < 4.78 is 5.52. The zero-order valence-corrected chi connectivity index (χ0v) is 11.3. The predicted octanol–water partition coefficient (Wildman–Crippen LogP) is 2.04. The molecule has 19 heavy (non-hydrogen) atoms. The zero-order valence-electron chi connectivity index (χ0n) is 11.3. The molecule has 0 unspecified atom stereocenters. The molecule has 0 aliphatic carbocycles. The SMILES string of the molecule is Cc1nnc([C@H](C)N2CCC(c3cn[nH]c3)CC2)o1.